The molecule has 0 bridgehead atoms. The lowest BCUT2D eigenvalue weighted by Crippen LogP contribution is -2.46. The van der Waals surface area contributed by atoms with Crippen molar-refractivity contribution >= 4 is 5.91 Å². The zero-order valence-electron chi connectivity index (χ0n) is 35.9. The van der Waals surface area contributed by atoms with Gasteiger partial charge >= 0.3 is 0 Å². The summed E-state index contributed by atoms with van der Waals surface area (Å²) < 4.78 is 0. The molecule has 0 aliphatic rings. The Labute approximate surface area is 331 Å². The summed E-state index contributed by atoms with van der Waals surface area (Å²) in [6.07, 6.45) is 51.9. The lowest BCUT2D eigenvalue weighted by Gasteiger charge is -2.23. The molecule has 5 nitrogen and oxygen atoms in total. The van der Waals surface area contributed by atoms with Crippen molar-refractivity contribution in [3.63, 3.8) is 0 Å². The van der Waals surface area contributed by atoms with Gasteiger partial charge in [-0.05, 0) is 38.5 Å². The van der Waals surface area contributed by atoms with E-state index in [1.54, 1.807) is 0 Å². The number of aliphatic hydroxyl groups excluding tert-OH is 3. The Morgan fingerprint density at radius 3 is 1.09 bits per heavy atom. The van der Waals surface area contributed by atoms with Gasteiger partial charge in [-0.3, -0.25) is 4.79 Å². The predicted octanol–water partition coefficient (Wildman–Crippen LogP) is 14.0. The molecule has 53 heavy (non-hydrogen) atoms. The second-order valence-electron chi connectivity index (χ2n) is 16.7. The van der Waals surface area contributed by atoms with Crippen molar-refractivity contribution in [1.82, 2.24) is 5.32 Å². The molecule has 0 rings (SSSR count). The molecule has 4 N–H and O–H groups in total. The number of carbonyl (C=O) groups is 1. The third-order valence-corrected chi connectivity index (χ3v) is 11.3. The highest BCUT2D eigenvalue weighted by atomic mass is 16.3. The summed E-state index contributed by atoms with van der Waals surface area (Å²) in [5.74, 6) is -0.282. The lowest BCUT2D eigenvalue weighted by molar-refractivity contribution is -0.125. The molecule has 0 aliphatic heterocycles. The van der Waals surface area contributed by atoms with E-state index in [0.717, 1.165) is 25.7 Å². The van der Waals surface area contributed by atoms with E-state index in [-0.39, 0.29) is 18.9 Å². The fourth-order valence-electron chi connectivity index (χ4n) is 7.64. The van der Waals surface area contributed by atoms with Gasteiger partial charge in [0.1, 0.15) is 0 Å². The average Bonchev–Trinajstić information content (AvgIpc) is 3.15. The van der Waals surface area contributed by atoms with Crippen molar-refractivity contribution in [3.05, 3.63) is 12.2 Å². The molecule has 316 valence electrons. The van der Waals surface area contributed by atoms with Crippen LogP contribution in [0.25, 0.3) is 0 Å². The largest absolute Gasteiger partial charge is 0.394 e. The van der Waals surface area contributed by atoms with E-state index in [0.29, 0.717) is 12.8 Å². The minimum Gasteiger partial charge on any atom is -0.394 e. The molecule has 0 aliphatic carbocycles. The molecular weight excluding hydrogens is 655 g/mol. The van der Waals surface area contributed by atoms with E-state index in [1.165, 1.54) is 205 Å². The molecule has 1 amide bonds. The zero-order chi connectivity index (χ0) is 38.7. The SMILES string of the molecule is CCCCCCCCCCCCCC/C=C\CCCCCCCCCC(O)CC(=O)NC(CO)C(O)CCCCCCCCCCCCCCCCC. The quantitative estimate of drug-likeness (QED) is 0.0369. The molecule has 3 unspecified atom stereocenters. The van der Waals surface area contributed by atoms with Crippen molar-refractivity contribution in [2.24, 2.45) is 0 Å². The molecule has 0 heterocycles. The average molecular weight is 750 g/mol. The lowest BCUT2D eigenvalue weighted by atomic mass is 10.0. The summed E-state index contributed by atoms with van der Waals surface area (Å²) in [6.45, 7) is 4.28. The van der Waals surface area contributed by atoms with Crippen LogP contribution in [0.15, 0.2) is 12.2 Å². The Morgan fingerprint density at radius 1 is 0.453 bits per heavy atom. The second-order valence-corrected chi connectivity index (χ2v) is 16.7. The van der Waals surface area contributed by atoms with Gasteiger partial charge in [-0.15, -0.1) is 0 Å². The van der Waals surface area contributed by atoms with Crippen LogP contribution in [-0.4, -0.2) is 46.1 Å². The molecule has 0 saturated carbocycles. The van der Waals surface area contributed by atoms with Crippen LogP contribution in [0.2, 0.25) is 0 Å². The number of hydrogen-bond acceptors (Lipinski definition) is 4. The maximum absolute atomic E-state index is 12.5. The summed E-state index contributed by atoms with van der Waals surface area (Å²) in [5, 5.41) is 33.5. The summed E-state index contributed by atoms with van der Waals surface area (Å²) >= 11 is 0. The summed E-state index contributed by atoms with van der Waals surface area (Å²) in [4.78, 5) is 12.5. The molecule has 0 fully saturated rings. The second kappa shape index (κ2) is 43.8. The minimum atomic E-state index is -0.747. The Hall–Kier alpha value is -0.910. The zero-order valence-corrected chi connectivity index (χ0v) is 35.9. The van der Waals surface area contributed by atoms with Crippen LogP contribution in [0.1, 0.15) is 264 Å². The standard InChI is InChI=1S/C48H95NO4/c1-3-5-7-9-11-13-15-17-19-20-21-22-23-24-25-26-28-29-31-33-35-37-39-41-45(51)43-48(53)49-46(44-50)47(52)42-40-38-36-34-32-30-27-18-16-14-12-10-8-6-4-2/h24-25,45-47,50-52H,3-23,26-44H2,1-2H3,(H,49,53)/b25-24-. The first kappa shape index (κ1) is 52.1. The van der Waals surface area contributed by atoms with Crippen LogP contribution < -0.4 is 5.32 Å². The molecule has 0 spiro atoms. The van der Waals surface area contributed by atoms with Crippen LogP contribution in [0.3, 0.4) is 0 Å². The van der Waals surface area contributed by atoms with Crippen LogP contribution in [0.4, 0.5) is 0 Å². The molecule has 0 aromatic heterocycles. The van der Waals surface area contributed by atoms with E-state index in [2.05, 4.69) is 31.3 Å². The number of rotatable bonds is 44. The smallest absolute Gasteiger partial charge is 0.222 e. The van der Waals surface area contributed by atoms with Gasteiger partial charge in [0.15, 0.2) is 0 Å². The van der Waals surface area contributed by atoms with Crippen molar-refractivity contribution in [2.45, 2.75) is 283 Å². The number of unbranched alkanes of at least 4 members (excludes halogenated alkanes) is 33. The summed E-state index contributed by atoms with van der Waals surface area (Å²) in [6, 6.07) is -0.656. The minimum absolute atomic E-state index is 0.0367. The third kappa shape index (κ3) is 40.6. The Morgan fingerprint density at radius 2 is 0.755 bits per heavy atom. The van der Waals surface area contributed by atoms with E-state index in [9.17, 15) is 20.1 Å². The van der Waals surface area contributed by atoms with E-state index in [4.69, 9.17) is 0 Å². The first-order valence-electron chi connectivity index (χ1n) is 24.0. The third-order valence-electron chi connectivity index (χ3n) is 11.3. The highest BCUT2D eigenvalue weighted by Gasteiger charge is 2.21. The van der Waals surface area contributed by atoms with Crippen molar-refractivity contribution in [1.29, 1.82) is 0 Å². The number of carbonyl (C=O) groups excluding carboxylic acids is 1. The number of amides is 1. The van der Waals surface area contributed by atoms with Gasteiger partial charge in [0.2, 0.25) is 5.91 Å². The van der Waals surface area contributed by atoms with Gasteiger partial charge in [-0.2, -0.15) is 0 Å². The van der Waals surface area contributed by atoms with E-state index >= 15 is 0 Å². The normalized spacial score (nSPS) is 13.5. The number of aliphatic hydroxyl groups is 3. The number of hydrogen-bond donors (Lipinski definition) is 4. The predicted molar refractivity (Wildman–Crippen MR) is 232 cm³/mol. The van der Waals surface area contributed by atoms with Gasteiger partial charge in [-0.1, -0.05) is 231 Å². The monoisotopic (exact) mass is 750 g/mol. The highest BCUT2D eigenvalue weighted by Crippen LogP contribution is 2.17. The molecule has 0 radical (unpaired) electrons. The fraction of sp³-hybridized carbons (Fsp3) is 0.938. The molecule has 3 atom stereocenters. The van der Waals surface area contributed by atoms with Gasteiger partial charge in [-0.25, -0.2) is 0 Å². The molecule has 0 aromatic rings. The number of nitrogens with one attached hydrogen (secondary N) is 1. The van der Waals surface area contributed by atoms with Crippen LogP contribution in [0.5, 0.6) is 0 Å². The molecule has 0 aromatic carbocycles. The van der Waals surface area contributed by atoms with E-state index in [1.807, 2.05) is 0 Å². The van der Waals surface area contributed by atoms with Crippen molar-refractivity contribution < 1.29 is 20.1 Å². The van der Waals surface area contributed by atoms with Gasteiger partial charge in [0.05, 0.1) is 31.3 Å². The van der Waals surface area contributed by atoms with Crippen LogP contribution >= 0.6 is 0 Å². The Balaban J connectivity index is 3.57. The fourth-order valence-corrected chi connectivity index (χ4v) is 7.64. The first-order chi connectivity index (χ1) is 26.0. The van der Waals surface area contributed by atoms with Gasteiger partial charge in [0, 0.05) is 0 Å². The maximum Gasteiger partial charge on any atom is 0.222 e. The first-order valence-corrected chi connectivity index (χ1v) is 24.0. The highest BCUT2D eigenvalue weighted by molar-refractivity contribution is 5.76. The summed E-state index contributed by atoms with van der Waals surface area (Å²) in [7, 11) is 0. The Bertz CT molecular complexity index is 743. The molecule has 5 heteroatoms. The molecular formula is C48H95NO4. The van der Waals surface area contributed by atoms with Crippen LogP contribution in [-0.2, 0) is 4.79 Å². The maximum atomic E-state index is 12.5. The number of allylic oxidation sites excluding steroid dienone is 2. The van der Waals surface area contributed by atoms with E-state index < -0.39 is 18.2 Å². The van der Waals surface area contributed by atoms with Gasteiger partial charge in [0.25, 0.3) is 0 Å². The Kier molecular flexibility index (Phi) is 43.1. The molecule has 0 saturated heterocycles. The topological polar surface area (TPSA) is 89.8 Å². The van der Waals surface area contributed by atoms with Crippen molar-refractivity contribution in [2.75, 3.05) is 6.61 Å². The van der Waals surface area contributed by atoms with Crippen molar-refractivity contribution in [3.8, 4) is 0 Å². The van der Waals surface area contributed by atoms with Gasteiger partial charge < -0.3 is 20.6 Å². The van der Waals surface area contributed by atoms with Crippen LogP contribution in [0, 0.1) is 0 Å². The summed E-state index contributed by atoms with van der Waals surface area (Å²) in [5.41, 5.74) is 0.